The van der Waals surface area contributed by atoms with Crippen molar-refractivity contribution in [3.05, 3.63) is 29.3 Å². The van der Waals surface area contributed by atoms with Gasteiger partial charge in [-0.25, -0.2) is 0 Å². The van der Waals surface area contributed by atoms with E-state index in [1.165, 1.54) is 12.8 Å². The fraction of sp³-hybridized carbons (Fsp3) is 0.533. The minimum Gasteiger partial charge on any atom is -0.396 e. The van der Waals surface area contributed by atoms with Gasteiger partial charge < -0.3 is 15.3 Å². The van der Waals surface area contributed by atoms with Crippen molar-refractivity contribution in [3.8, 4) is 0 Å². The van der Waals surface area contributed by atoms with Crippen molar-refractivity contribution in [1.82, 2.24) is 5.32 Å². The predicted molar refractivity (Wildman–Crippen MR) is 76.7 cm³/mol. The average Bonchev–Trinajstić information content (AvgIpc) is 2.92. The molecule has 4 nitrogen and oxygen atoms in total. The highest BCUT2D eigenvalue weighted by Gasteiger charge is 2.19. The Bertz CT molecular complexity index is 440. The Morgan fingerprint density at radius 2 is 2.11 bits per heavy atom. The van der Waals surface area contributed by atoms with Gasteiger partial charge in [0.25, 0.3) is 5.91 Å². The largest absolute Gasteiger partial charge is 0.396 e. The molecule has 1 aromatic carbocycles. The molecule has 2 N–H and O–H groups in total. The van der Waals surface area contributed by atoms with Crippen LogP contribution in [-0.4, -0.2) is 37.3 Å². The molecule has 0 spiro atoms. The van der Waals surface area contributed by atoms with Gasteiger partial charge in [0.15, 0.2) is 0 Å². The summed E-state index contributed by atoms with van der Waals surface area (Å²) < 4.78 is 0. The fourth-order valence-electron chi connectivity index (χ4n) is 2.44. The molecule has 1 saturated heterocycles. The number of aliphatic hydroxyl groups excluding tert-OH is 1. The first kappa shape index (κ1) is 13.9. The molecule has 1 heterocycles. The van der Waals surface area contributed by atoms with Crippen LogP contribution in [0.15, 0.2) is 18.2 Å². The highest BCUT2D eigenvalue weighted by Crippen LogP contribution is 2.25. The summed E-state index contributed by atoms with van der Waals surface area (Å²) in [6, 6.07) is 6.04. The van der Waals surface area contributed by atoms with Gasteiger partial charge in [-0.3, -0.25) is 4.79 Å². The van der Waals surface area contributed by atoms with E-state index in [4.69, 9.17) is 5.11 Å². The normalized spacial score (nSPS) is 14.7. The van der Waals surface area contributed by atoms with Crippen LogP contribution in [0.3, 0.4) is 0 Å². The molecule has 1 fully saturated rings. The summed E-state index contributed by atoms with van der Waals surface area (Å²) in [7, 11) is 0. The topological polar surface area (TPSA) is 52.6 Å². The second kappa shape index (κ2) is 6.57. The zero-order valence-electron chi connectivity index (χ0n) is 11.5. The molecule has 0 radical (unpaired) electrons. The monoisotopic (exact) mass is 262 g/mol. The lowest BCUT2D eigenvalue weighted by Gasteiger charge is -2.21. The van der Waals surface area contributed by atoms with Gasteiger partial charge in [-0.15, -0.1) is 0 Å². The number of aliphatic hydroxyl groups is 1. The molecule has 1 amide bonds. The van der Waals surface area contributed by atoms with Crippen LogP contribution >= 0.6 is 0 Å². The molecule has 0 unspecified atom stereocenters. The molecule has 19 heavy (non-hydrogen) atoms. The maximum absolute atomic E-state index is 12.2. The highest BCUT2D eigenvalue weighted by atomic mass is 16.3. The lowest BCUT2D eigenvalue weighted by atomic mass is 10.1. The molecule has 2 rings (SSSR count). The third-order valence-corrected chi connectivity index (χ3v) is 3.46. The van der Waals surface area contributed by atoms with Gasteiger partial charge in [-0.1, -0.05) is 11.6 Å². The summed E-state index contributed by atoms with van der Waals surface area (Å²) in [4.78, 5) is 14.5. The summed E-state index contributed by atoms with van der Waals surface area (Å²) in [6.07, 6.45) is 2.98. The number of carbonyl (C=O) groups is 1. The van der Waals surface area contributed by atoms with E-state index in [-0.39, 0.29) is 12.5 Å². The zero-order chi connectivity index (χ0) is 13.7. The number of nitrogens with zero attached hydrogens (tertiary/aromatic N) is 1. The van der Waals surface area contributed by atoms with Crippen LogP contribution in [0.2, 0.25) is 0 Å². The van der Waals surface area contributed by atoms with Crippen molar-refractivity contribution in [3.63, 3.8) is 0 Å². The summed E-state index contributed by atoms with van der Waals surface area (Å²) >= 11 is 0. The second-order valence-corrected chi connectivity index (χ2v) is 5.05. The van der Waals surface area contributed by atoms with Gasteiger partial charge in [0.2, 0.25) is 0 Å². The van der Waals surface area contributed by atoms with Gasteiger partial charge >= 0.3 is 0 Å². The molecule has 0 aliphatic carbocycles. The van der Waals surface area contributed by atoms with Crippen molar-refractivity contribution in [1.29, 1.82) is 0 Å². The summed E-state index contributed by atoms with van der Waals surface area (Å²) in [5, 5.41) is 11.6. The number of rotatable bonds is 5. The summed E-state index contributed by atoms with van der Waals surface area (Å²) in [5.74, 6) is -0.0425. The smallest absolute Gasteiger partial charge is 0.253 e. The Morgan fingerprint density at radius 3 is 2.79 bits per heavy atom. The summed E-state index contributed by atoms with van der Waals surface area (Å²) in [6.45, 7) is 4.67. The minimum absolute atomic E-state index is 0.0425. The van der Waals surface area contributed by atoms with E-state index in [2.05, 4.69) is 16.3 Å². The average molecular weight is 262 g/mol. The van der Waals surface area contributed by atoms with Gasteiger partial charge in [0, 0.05) is 31.9 Å². The minimum atomic E-state index is -0.0425. The first-order chi connectivity index (χ1) is 9.22. The number of nitrogens with one attached hydrogen (secondary N) is 1. The van der Waals surface area contributed by atoms with Gasteiger partial charge in [0.1, 0.15) is 0 Å². The molecule has 1 aliphatic rings. The van der Waals surface area contributed by atoms with Crippen LogP contribution in [0, 0.1) is 6.92 Å². The van der Waals surface area contributed by atoms with Crippen molar-refractivity contribution >= 4 is 11.6 Å². The van der Waals surface area contributed by atoms with Crippen molar-refractivity contribution in [2.24, 2.45) is 0 Å². The molecule has 0 saturated carbocycles. The SMILES string of the molecule is Cc1ccc(N2CCCC2)c(C(=O)NCCCO)c1. The predicted octanol–water partition coefficient (Wildman–Crippen LogP) is 1.71. The Hall–Kier alpha value is -1.55. The molecule has 1 aliphatic heterocycles. The maximum Gasteiger partial charge on any atom is 0.253 e. The number of hydrogen-bond acceptors (Lipinski definition) is 3. The van der Waals surface area contributed by atoms with Gasteiger partial charge in [-0.2, -0.15) is 0 Å². The number of benzene rings is 1. The van der Waals surface area contributed by atoms with Crippen LogP contribution in [0.4, 0.5) is 5.69 Å². The molecular formula is C15H22N2O2. The number of hydrogen-bond donors (Lipinski definition) is 2. The van der Waals surface area contributed by atoms with E-state index in [1.54, 1.807) is 0 Å². The Morgan fingerprint density at radius 1 is 1.37 bits per heavy atom. The van der Waals surface area contributed by atoms with Crippen molar-refractivity contribution in [2.45, 2.75) is 26.2 Å². The second-order valence-electron chi connectivity index (χ2n) is 5.05. The van der Waals surface area contributed by atoms with Crippen LogP contribution < -0.4 is 10.2 Å². The van der Waals surface area contributed by atoms with E-state index in [0.717, 1.165) is 29.9 Å². The van der Waals surface area contributed by atoms with Gasteiger partial charge in [-0.05, 0) is 38.3 Å². The maximum atomic E-state index is 12.2. The first-order valence-electron chi connectivity index (χ1n) is 6.97. The van der Waals surface area contributed by atoms with E-state index < -0.39 is 0 Å². The number of anilines is 1. The standard InChI is InChI=1S/C15H22N2O2/c1-12-5-6-14(17-8-2-3-9-17)13(11-12)15(19)16-7-4-10-18/h5-6,11,18H,2-4,7-10H2,1H3,(H,16,19). The first-order valence-corrected chi connectivity index (χ1v) is 6.97. The zero-order valence-corrected chi connectivity index (χ0v) is 11.5. The molecule has 0 atom stereocenters. The lowest BCUT2D eigenvalue weighted by Crippen LogP contribution is -2.28. The van der Waals surface area contributed by atoms with E-state index in [0.29, 0.717) is 13.0 Å². The van der Waals surface area contributed by atoms with Crippen LogP contribution in [-0.2, 0) is 0 Å². The highest BCUT2D eigenvalue weighted by molar-refractivity contribution is 6.00. The molecule has 0 aromatic heterocycles. The van der Waals surface area contributed by atoms with Gasteiger partial charge in [0.05, 0.1) is 5.56 Å². The van der Waals surface area contributed by atoms with Crippen LogP contribution in [0.25, 0.3) is 0 Å². The van der Waals surface area contributed by atoms with E-state index in [9.17, 15) is 4.79 Å². The van der Waals surface area contributed by atoms with Crippen molar-refractivity contribution in [2.75, 3.05) is 31.1 Å². The number of carbonyl (C=O) groups excluding carboxylic acids is 1. The van der Waals surface area contributed by atoms with E-state index in [1.807, 2.05) is 19.1 Å². The van der Waals surface area contributed by atoms with E-state index >= 15 is 0 Å². The Kier molecular flexibility index (Phi) is 4.80. The Labute approximate surface area is 114 Å². The molecule has 4 heteroatoms. The quantitative estimate of drug-likeness (QED) is 0.794. The lowest BCUT2D eigenvalue weighted by molar-refractivity contribution is 0.0951. The molecule has 0 bridgehead atoms. The molecular weight excluding hydrogens is 240 g/mol. The Balaban J connectivity index is 2.16. The van der Waals surface area contributed by atoms with Crippen molar-refractivity contribution < 1.29 is 9.90 Å². The third kappa shape index (κ3) is 3.47. The summed E-state index contributed by atoms with van der Waals surface area (Å²) in [5.41, 5.74) is 2.87. The number of aryl methyl sites for hydroxylation is 1. The molecule has 1 aromatic rings. The third-order valence-electron chi connectivity index (χ3n) is 3.46. The fourth-order valence-corrected chi connectivity index (χ4v) is 2.44. The molecule has 104 valence electrons. The van der Waals surface area contributed by atoms with Crippen LogP contribution in [0.1, 0.15) is 35.2 Å². The number of amides is 1. The van der Waals surface area contributed by atoms with Crippen LogP contribution in [0.5, 0.6) is 0 Å².